The van der Waals surface area contributed by atoms with Gasteiger partial charge in [0.2, 0.25) is 0 Å². The highest BCUT2D eigenvalue weighted by Gasteiger charge is 2.21. The lowest BCUT2D eigenvalue weighted by atomic mass is 10.2. The van der Waals surface area contributed by atoms with Crippen LogP contribution in [0.4, 0.5) is 0 Å². The van der Waals surface area contributed by atoms with E-state index < -0.39 is 0 Å². The van der Waals surface area contributed by atoms with Crippen LogP contribution in [-0.4, -0.2) is 53.2 Å². The topological polar surface area (TPSA) is 73.4 Å². The van der Waals surface area contributed by atoms with E-state index >= 15 is 0 Å². The van der Waals surface area contributed by atoms with Gasteiger partial charge in [0.05, 0.1) is 19.0 Å². The smallest absolute Gasteiger partial charge is 0.274 e. The standard InChI is InChI=1S/C12H22N4O2/c1-4-16(10(2)8-18-3)12(17)11-7-15(6-5-13)9-14-11/h7,9-10H,4-6,8,13H2,1-3H3. The molecule has 0 radical (unpaired) electrons. The Balaban J connectivity index is 2.76. The Kier molecular flexibility index (Phi) is 5.80. The third-order valence-electron chi connectivity index (χ3n) is 2.78. The average Bonchev–Trinajstić information content (AvgIpc) is 2.79. The van der Waals surface area contributed by atoms with E-state index in [1.807, 2.05) is 18.4 Å². The van der Waals surface area contributed by atoms with Gasteiger partial charge in [-0.2, -0.15) is 0 Å². The zero-order valence-corrected chi connectivity index (χ0v) is 11.3. The number of carbonyl (C=O) groups excluding carboxylic acids is 1. The Morgan fingerprint density at radius 3 is 2.94 bits per heavy atom. The number of carbonyl (C=O) groups is 1. The van der Waals surface area contributed by atoms with E-state index in [2.05, 4.69) is 4.98 Å². The van der Waals surface area contributed by atoms with Crippen molar-refractivity contribution in [3.63, 3.8) is 0 Å². The summed E-state index contributed by atoms with van der Waals surface area (Å²) in [4.78, 5) is 18.1. The van der Waals surface area contributed by atoms with Gasteiger partial charge in [-0.05, 0) is 13.8 Å². The van der Waals surface area contributed by atoms with Gasteiger partial charge >= 0.3 is 0 Å². The number of hydrogen-bond acceptors (Lipinski definition) is 4. The summed E-state index contributed by atoms with van der Waals surface area (Å²) in [5.74, 6) is -0.0715. The molecule has 6 nitrogen and oxygen atoms in total. The quantitative estimate of drug-likeness (QED) is 0.761. The Hall–Kier alpha value is -1.40. The predicted octanol–water partition coefficient (Wildman–Crippen LogP) is 0.339. The van der Waals surface area contributed by atoms with Gasteiger partial charge in [0, 0.05) is 32.9 Å². The van der Waals surface area contributed by atoms with Crippen molar-refractivity contribution in [3.8, 4) is 0 Å². The zero-order valence-electron chi connectivity index (χ0n) is 11.3. The van der Waals surface area contributed by atoms with Crippen molar-refractivity contribution >= 4 is 5.91 Å². The molecule has 0 bridgehead atoms. The number of hydrogen-bond donors (Lipinski definition) is 1. The van der Waals surface area contributed by atoms with E-state index in [1.54, 1.807) is 24.5 Å². The van der Waals surface area contributed by atoms with Gasteiger partial charge in [-0.1, -0.05) is 0 Å². The molecule has 0 aliphatic carbocycles. The van der Waals surface area contributed by atoms with Gasteiger partial charge in [0.15, 0.2) is 0 Å². The first kappa shape index (κ1) is 14.7. The summed E-state index contributed by atoms with van der Waals surface area (Å²) in [5.41, 5.74) is 5.91. The fourth-order valence-corrected chi connectivity index (χ4v) is 1.88. The first-order chi connectivity index (χ1) is 8.63. The molecule has 6 heteroatoms. The second-order valence-corrected chi connectivity index (χ2v) is 4.18. The number of likely N-dealkylation sites (N-methyl/N-ethyl adjacent to an activating group) is 1. The molecule has 1 aromatic heterocycles. The lowest BCUT2D eigenvalue weighted by Gasteiger charge is -2.26. The zero-order chi connectivity index (χ0) is 13.5. The van der Waals surface area contributed by atoms with Gasteiger partial charge in [0.1, 0.15) is 5.69 Å². The molecular formula is C12H22N4O2. The van der Waals surface area contributed by atoms with E-state index in [9.17, 15) is 4.79 Å². The third kappa shape index (κ3) is 3.54. The molecule has 1 atom stereocenters. The van der Waals surface area contributed by atoms with Crippen molar-refractivity contribution in [1.29, 1.82) is 0 Å². The molecule has 1 heterocycles. The summed E-state index contributed by atoms with van der Waals surface area (Å²) in [6, 6.07) is 0.0344. The molecule has 0 saturated heterocycles. The lowest BCUT2D eigenvalue weighted by Crippen LogP contribution is -2.41. The maximum Gasteiger partial charge on any atom is 0.274 e. The van der Waals surface area contributed by atoms with Crippen LogP contribution in [0, 0.1) is 0 Å². The van der Waals surface area contributed by atoms with E-state index in [1.165, 1.54) is 0 Å². The van der Waals surface area contributed by atoms with E-state index in [0.29, 0.717) is 31.9 Å². The molecule has 1 unspecified atom stereocenters. The van der Waals surface area contributed by atoms with Gasteiger partial charge < -0.3 is 19.9 Å². The molecule has 0 fully saturated rings. The molecule has 2 N–H and O–H groups in total. The third-order valence-corrected chi connectivity index (χ3v) is 2.78. The average molecular weight is 254 g/mol. The SMILES string of the molecule is CCN(C(=O)c1cn(CCN)cn1)C(C)COC. The van der Waals surface area contributed by atoms with E-state index in [4.69, 9.17) is 10.5 Å². The molecule has 0 spiro atoms. The van der Waals surface area contributed by atoms with Crippen LogP contribution in [0.15, 0.2) is 12.5 Å². The Morgan fingerprint density at radius 1 is 1.67 bits per heavy atom. The maximum atomic E-state index is 12.3. The predicted molar refractivity (Wildman–Crippen MR) is 69.3 cm³/mol. The number of nitrogens with zero attached hydrogens (tertiary/aromatic N) is 3. The van der Waals surface area contributed by atoms with Crippen molar-refractivity contribution in [2.45, 2.75) is 26.4 Å². The minimum Gasteiger partial charge on any atom is -0.383 e. The minimum absolute atomic E-state index is 0.0344. The first-order valence-electron chi connectivity index (χ1n) is 6.15. The summed E-state index contributed by atoms with van der Waals surface area (Å²) >= 11 is 0. The number of ether oxygens (including phenoxy) is 1. The van der Waals surface area contributed by atoms with Crippen LogP contribution in [0.2, 0.25) is 0 Å². The number of methoxy groups -OCH3 is 1. The second-order valence-electron chi connectivity index (χ2n) is 4.18. The largest absolute Gasteiger partial charge is 0.383 e. The molecule has 1 amide bonds. The fourth-order valence-electron chi connectivity index (χ4n) is 1.88. The normalized spacial score (nSPS) is 12.4. The van der Waals surface area contributed by atoms with Gasteiger partial charge in [0.25, 0.3) is 5.91 Å². The molecule has 0 saturated carbocycles. The van der Waals surface area contributed by atoms with Crippen LogP contribution >= 0.6 is 0 Å². The van der Waals surface area contributed by atoms with Crippen molar-refractivity contribution in [2.24, 2.45) is 5.73 Å². The molecule has 0 aromatic carbocycles. The summed E-state index contributed by atoms with van der Waals surface area (Å²) in [7, 11) is 1.63. The van der Waals surface area contributed by atoms with Gasteiger partial charge in [-0.15, -0.1) is 0 Å². The minimum atomic E-state index is -0.0715. The number of rotatable bonds is 7. The summed E-state index contributed by atoms with van der Waals surface area (Å²) in [6.45, 7) is 6.25. The molecule has 18 heavy (non-hydrogen) atoms. The van der Waals surface area contributed by atoms with Crippen LogP contribution in [-0.2, 0) is 11.3 Å². The highest BCUT2D eigenvalue weighted by atomic mass is 16.5. The van der Waals surface area contributed by atoms with Crippen molar-refractivity contribution in [3.05, 3.63) is 18.2 Å². The molecule has 0 aliphatic rings. The van der Waals surface area contributed by atoms with Crippen LogP contribution in [0.3, 0.4) is 0 Å². The van der Waals surface area contributed by atoms with Crippen LogP contribution in [0.1, 0.15) is 24.3 Å². The molecular weight excluding hydrogens is 232 g/mol. The molecule has 1 rings (SSSR count). The van der Waals surface area contributed by atoms with Crippen molar-refractivity contribution in [1.82, 2.24) is 14.5 Å². The fraction of sp³-hybridized carbons (Fsp3) is 0.667. The van der Waals surface area contributed by atoms with E-state index in [0.717, 1.165) is 0 Å². The Bertz CT molecular complexity index is 378. The monoisotopic (exact) mass is 254 g/mol. The second kappa shape index (κ2) is 7.13. The highest BCUT2D eigenvalue weighted by Crippen LogP contribution is 2.07. The number of imidazole rings is 1. The molecule has 1 aromatic rings. The molecule has 0 aliphatic heterocycles. The van der Waals surface area contributed by atoms with Crippen LogP contribution < -0.4 is 5.73 Å². The van der Waals surface area contributed by atoms with Crippen molar-refractivity contribution < 1.29 is 9.53 Å². The van der Waals surface area contributed by atoms with Gasteiger partial charge in [-0.25, -0.2) is 4.98 Å². The van der Waals surface area contributed by atoms with Crippen LogP contribution in [0.5, 0.6) is 0 Å². The lowest BCUT2D eigenvalue weighted by molar-refractivity contribution is 0.0574. The summed E-state index contributed by atoms with van der Waals surface area (Å²) in [6.07, 6.45) is 3.37. The van der Waals surface area contributed by atoms with Crippen LogP contribution in [0.25, 0.3) is 0 Å². The molecule has 102 valence electrons. The van der Waals surface area contributed by atoms with E-state index in [-0.39, 0.29) is 11.9 Å². The number of amides is 1. The highest BCUT2D eigenvalue weighted by molar-refractivity contribution is 5.92. The summed E-state index contributed by atoms with van der Waals surface area (Å²) < 4.78 is 6.90. The maximum absolute atomic E-state index is 12.3. The number of nitrogens with two attached hydrogens (primary N) is 1. The Morgan fingerprint density at radius 2 is 2.39 bits per heavy atom. The first-order valence-corrected chi connectivity index (χ1v) is 6.15. The van der Waals surface area contributed by atoms with Gasteiger partial charge in [-0.3, -0.25) is 4.79 Å². The number of aromatic nitrogens is 2. The van der Waals surface area contributed by atoms with Crippen molar-refractivity contribution in [2.75, 3.05) is 26.8 Å². The Labute approximate surface area is 108 Å². The summed E-state index contributed by atoms with van der Waals surface area (Å²) in [5, 5.41) is 0.